The van der Waals surface area contributed by atoms with Gasteiger partial charge in [-0.05, 0) is 26.0 Å². The van der Waals surface area contributed by atoms with E-state index in [-0.39, 0.29) is 23.6 Å². The van der Waals surface area contributed by atoms with Crippen LogP contribution in [0.1, 0.15) is 13.8 Å². The molecule has 3 aliphatic carbocycles. The quantitative estimate of drug-likeness (QED) is 0.215. The van der Waals surface area contributed by atoms with Crippen LogP contribution in [0.5, 0.6) is 0 Å². The van der Waals surface area contributed by atoms with Crippen molar-refractivity contribution in [1.82, 2.24) is 0 Å². The molecule has 2 heterocycles. The van der Waals surface area contributed by atoms with Crippen LogP contribution in [-0.2, 0) is 28.7 Å². The molecule has 0 radical (unpaired) electrons. The summed E-state index contributed by atoms with van der Waals surface area (Å²) in [6.07, 6.45) is 0. The van der Waals surface area contributed by atoms with E-state index in [4.69, 9.17) is 4.74 Å². The monoisotopic (exact) mass is 574 g/mol. The smallest absolute Gasteiger partial charge is 0.334 e. The number of rotatable bonds is 6. The Morgan fingerprint density at radius 2 is 1.10 bits per heavy atom. The van der Waals surface area contributed by atoms with Crippen LogP contribution in [0.15, 0.2) is 59.7 Å². The van der Waals surface area contributed by atoms with Crippen molar-refractivity contribution in [2.75, 3.05) is 16.4 Å². The van der Waals surface area contributed by atoms with Crippen molar-refractivity contribution >= 4 is 52.3 Å². The van der Waals surface area contributed by atoms with Crippen molar-refractivity contribution in [3.8, 4) is 0 Å². The molecule has 0 spiro atoms. The highest BCUT2D eigenvalue weighted by Crippen LogP contribution is 2.63. The van der Waals surface area contributed by atoms with Crippen molar-refractivity contribution < 1.29 is 38.6 Å². The number of carbonyl (C=O) groups is 5. The lowest BCUT2D eigenvalue weighted by Crippen LogP contribution is -2.55. The fourth-order valence-electron chi connectivity index (χ4n) is 7.32. The van der Waals surface area contributed by atoms with Gasteiger partial charge in [-0.25, -0.2) is 14.6 Å². The number of nitrogens with zero attached hydrogens (tertiary/aromatic N) is 4. The summed E-state index contributed by atoms with van der Waals surface area (Å²) in [5.41, 5.74) is -1.19. The van der Waals surface area contributed by atoms with Crippen LogP contribution in [0.25, 0.3) is 0 Å². The minimum absolute atomic E-state index is 0.000438. The second kappa shape index (κ2) is 9.39. The highest BCUT2D eigenvalue weighted by Gasteiger charge is 2.73. The van der Waals surface area contributed by atoms with E-state index in [2.05, 4.69) is 0 Å². The van der Waals surface area contributed by atoms with Gasteiger partial charge in [0.05, 0.1) is 40.1 Å². The average Bonchev–Trinajstić information content (AvgIpc) is 3.38. The summed E-state index contributed by atoms with van der Waals surface area (Å²) in [5.74, 6) is -11.5. The third-order valence-corrected chi connectivity index (χ3v) is 8.74. The number of carbonyl (C=O) groups excluding carboxylic acids is 5. The van der Waals surface area contributed by atoms with Gasteiger partial charge in [0.1, 0.15) is 11.4 Å². The van der Waals surface area contributed by atoms with E-state index < -0.39 is 86.3 Å². The van der Waals surface area contributed by atoms with Crippen LogP contribution in [0.4, 0.5) is 22.7 Å². The highest BCUT2D eigenvalue weighted by atomic mass is 16.6. The maximum absolute atomic E-state index is 14.0. The van der Waals surface area contributed by atoms with Crippen LogP contribution in [-0.4, -0.2) is 46.1 Å². The number of esters is 1. The Hall–Kier alpha value is -5.27. The van der Waals surface area contributed by atoms with Crippen LogP contribution in [0.3, 0.4) is 0 Å². The Bertz CT molecular complexity index is 1580. The average molecular weight is 575 g/mol. The summed E-state index contributed by atoms with van der Waals surface area (Å²) in [7, 11) is 0. The first-order valence-electron chi connectivity index (χ1n) is 13.1. The molecule has 1 saturated carbocycles. The van der Waals surface area contributed by atoms with Gasteiger partial charge in [0, 0.05) is 29.5 Å². The Kier molecular flexibility index (Phi) is 6.02. The molecule has 2 aromatic carbocycles. The van der Waals surface area contributed by atoms with Gasteiger partial charge in [0.15, 0.2) is 0 Å². The van der Waals surface area contributed by atoms with E-state index in [1.165, 1.54) is 43.3 Å². The topological polar surface area (TPSA) is 187 Å². The standard InChI is InChI=1S/C28H22N4O10/c1-3-42-28(37)18-12(2)17-20-22(26(35)29(24(20)33)13-8-4-6-10-15(13)31(38)39)19(18)23-21(17)25(34)30(27(23)36)14-9-5-7-11-16(14)32(40)41/h4-11,17,19-23H,3H2,1-2H3/t17?,19?,20-,21-,22-,23+/m1/s1. The zero-order chi connectivity index (χ0) is 30.2. The minimum Gasteiger partial charge on any atom is -0.463 e. The van der Waals surface area contributed by atoms with Gasteiger partial charge < -0.3 is 4.74 Å². The molecule has 0 N–H and O–H groups in total. The van der Waals surface area contributed by atoms with Crippen molar-refractivity contribution in [2.45, 2.75) is 13.8 Å². The number of ether oxygens (including phenoxy) is 1. The zero-order valence-electron chi connectivity index (χ0n) is 22.2. The van der Waals surface area contributed by atoms with Gasteiger partial charge in [-0.3, -0.25) is 39.4 Å². The second-order valence-corrected chi connectivity index (χ2v) is 10.5. The van der Waals surface area contributed by atoms with Crippen LogP contribution in [0.2, 0.25) is 0 Å². The molecule has 2 saturated heterocycles. The van der Waals surface area contributed by atoms with Crippen molar-refractivity contribution in [2.24, 2.45) is 35.5 Å². The van der Waals surface area contributed by atoms with Crippen LogP contribution < -0.4 is 9.80 Å². The highest BCUT2D eigenvalue weighted by molar-refractivity contribution is 6.28. The lowest BCUT2D eigenvalue weighted by molar-refractivity contribution is -0.384. The Balaban J connectivity index is 1.53. The van der Waals surface area contributed by atoms with Crippen LogP contribution in [0, 0.1) is 55.7 Å². The molecule has 42 heavy (non-hydrogen) atoms. The molecule has 2 unspecified atom stereocenters. The number of hydrogen-bond acceptors (Lipinski definition) is 10. The molecule has 2 aromatic rings. The number of anilines is 2. The molecular weight excluding hydrogens is 552 g/mol. The first-order valence-corrected chi connectivity index (χ1v) is 13.1. The molecule has 14 nitrogen and oxygen atoms in total. The molecule has 2 aliphatic heterocycles. The molecular formula is C28H22N4O10. The number of allylic oxidation sites excluding steroid dienone is 1. The van der Waals surface area contributed by atoms with Crippen molar-refractivity contribution in [1.29, 1.82) is 0 Å². The maximum atomic E-state index is 14.0. The number of hydrogen-bond donors (Lipinski definition) is 0. The summed E-state index contributed by atoms with van der Waals surface area (Å²) in [6.45, 7) is 3.08. The summed E-state index contributed by atoms with van der Waals surface area (Å²) >= 11 is 0. The number of nitro benzene ring substituents is 2. The number of benzene rings is 2. The van der Waals surface area contributed by atoms with E-state index in [0.29, 0.717) is 15.4 Å². The summed E-state index contributed by atoms with van der Waals surface area (Å²) in [4.78, 5) is 92.7. The Labute approximate surface area is 236 Å². The van der Waals surface area contributed by atoms with Gasteiger partial charge in [-0.1, -0.05) is 29.8 Å². The summed E-state index contributed by atoms with van der Waals surface area (Å²) in [5, 5.41) is 23.5. The first kappa shape index (κ1) is 26.9. The number of amides is 4. The van der Waals surface area contributed by atoms with Crippen molar-refractivity contribution in [3.63, 3.8) is 0 Å². The van der Waals surface area contributed by atoms with Crippen molar-refractivity contribution in [3.05, 3.63) is 79.9 Å². The normalized spacial score (nSPS) is 27.9. The summed E-state index contributed by atoms with van der Waals surface area (Å²) < 4.78 is 5.25. The second-order valence-electron chi connectivity index (χ2n) is 10.5. The first-order chi connectivity index (χ1) is 20.0. The maximum Gasteiger partial charge on any atom is 0.334 e. The van der Waals surface area contributed by atoms with E-state index in [1.54, 1.807) is 6.92 Å². The predicted octanol–water partition coefficient (Wildman–Crippen LogP) is 2.55. The fourth-order valence-corrected chi connectivity index (χ4v) is 7.32. The number of para-hydroxylation sites is 4. The lowest BCUT2D eigenvalue weighted by Gasteiger charge is -2.49. The predicted molar refractivity (Wildman–Crippen MR) is 141 cm³/mol. The van der Waals surface area contributed by atoms with E-state index in [1.807, 2.05) is 0 Å². The van der Waals surface area contributed by atoms with Gasteiger partial charge in [-0.2, -0.15) is 0 Å². The molecule has 3 fully saturated rings. The molecule has 7 rings (SSSR count). The number of nitro groups is 2. The van der Waals surface area contributed by atoms with E-state index in [0.717, 1.165) is 12.1 Å². The van der Waals surface area contributed by atoms with Gasteiger partial charge in [0.2, 0.25) is 23.6 Å². The zero-order valence-corrected chi connectivity index (χ0v) is 22.2. The third-order valence-electron chi connectivity index (χ3n) is 8.74. The SMILES string of the molecule is CCOC(=O)C1=C(C)C2[C@H]3C(=O)N(c4ccccc4[N+](=O)[O-])C(=O)[C@@H]3C1[C@@H]1C(=O)N(c3ccccc3[N+](=O)[O-])C(=O)[C@H]21. The molecule has 214 valence electrons. The molecule has 4 amide bonds. The fraction of sp³-hybridized carbons (Fsp3) is 0.321. The molecule has 14 heteroatoms. The molecule has 2 bridgehead atoms. The lowest BCUT2D eigenvalue weighted by atomic mass is 9.49. The van der Waals surface area contributed by atoms with Gasteiger partial charge >= 0.3 is 5.97 Å². The molecule has 0 aromatic heterocycles. The Morgan fingerprint density at radius 3 is 1.48 bits per heavy atom. The van der Waals surface area contributed by atoms with E-state index >= 15 is 0 Å². The third kappa shape index (κ3) is 3.40. The largest absolute Gasteiger partial charge is 0.463 e. The molecule has 6 atom stereocenters. The summed E-state index contributed by atoms with van der Waals surface area (Å²) in [6, 6.07) is 10.4. The molecule has 5 aliphatic rings. The Morgan fingerprint density at radius 1 is 0.714 bits per heavy atom. The number of imide groups is 2. The minimum atomic E-state index is -1.30. The van der Waals surface area contributed by atoms with Gasteiger partial charge in [-0.15, -0.1) is 0 Å². The van der Waals surface area contributed by atoms with E-state index in [9.17, 15) is 44.2 Å². The van der Waals surface area contributed by atoms with Crippen LogP contribution >= 0.6 is 0 Å². The van der Waals surface area contributed by atoms with Gasteiger partial charge in [0.25, 0.3) is 11.4 Å².